The molecule has 0 fully saturated rings. The second kappa shape index (κ2) is 6.38. The fraction of sp³-hybridized carbons (Fsp3) is 0.278. The number of anilines is 1. The lowest BCUT2D eigenvalue weighted by atomic mass is 10.0. The molecule has 0 saturated heterocycles. The number of hydrogen-bond donors (Lipinski definition) is 0. The molecule has 23 heavy (non-hydrogen) atoms. The second-order valence-electron chi connectivity index (χ2n) is 5.75. The standard InChI is InChI=1S/C18H19FN2O2/c1-13-3-8-17-16(9-13)18(22)20(11-21(17)12-23-2)10-14-4-6-15(19)7-5-14/h3-9H,10-12H2,1-2H3. The van der Waals surface area contributed by atoms with Crippen LogP contribution in [0.4, 0.5) is 10.1 Å². The highest BCUT2D eigenvalue weighted by molar-refractivity contribution is 6.01. The Morgan fingerprint density at radius 1 is 1.13 bits per heavy atom. The van der Waals surface area contributed by atoms with E-state index < -0.39 is 0 Å². The molecule has 120 valence electrons. The van der Waals surface area contributed by atoms with Crippen molar-refractivity contribution in [2.24, 2.45) is 0 Å². The minimum absolute atomic E-state index is 0.0135. The number of carbonyl (C=O) groups excluding carboxylic acids is 1. The summed E-state index contributed by atoms with van der Waals surface area (Å²) in [5.74, 6) is -0.291. The van der Waals surface area contributed by atoms with E-state index in [2.05, 4.69) is 0 Å². The van der Waals surface area contributed by atoms with Crippen molar-refractivity contribution >= 4 is 11.6 Å². The van der Waals surface area contributed by atoms with Gasteiger partial charge < -0.3 is 14.5 Å². The molecule has 0 radical (unpaired) electrons. The minimum atomic E-state index is -0.277. The predicted octanol–water partition coefficient (Wildman–Crippen LogP) is 3.16. The van der Waals surface area contributed by atoms with E-state index in [0.717, 1.165) is 16.8 Å². The molecule has 5 heteroatoms. The maximum absolute atomic E-state index is 13.0. The van der Waals surface area contributed by atoms with Gasteiger partial charge >= 0.3 is 0 Å². The second-order valence-corrected chi connectivity index (χ2v) is 5.75. The summed E-state index contributed by atoms with van der Waals surface area (Å²) in [6, 6.07) is 12.1. The van der Waals surface area contributed by atoms with E-state index >= 15 is 0 Å². The van der Waals surface area contributed by atoms with Gasteiger partial charge in [0.05, 0.1) is 17.9 Å². The van der Waals surface area contributed by atoms with E-state index in [1.54, 1.807) is 24.1 Å². The summed E-state index contributed by atoms with van der Waals surface area (Å²) in [4.78, 5) is 16.5. The zero-order valence-corrected chi connectivity index (χ0v) is 13.3. The van der Waals surface area contributed by atoms with E-state index in [4.69, 9.17) is 4.74 Å². The number of fused-ring (bicyclic) bond motifs is 1. The van der Waals surface area contributed by atoms with E-state index in [-0.39, 0.29) is 11.7 Å². The number of nitrogens with zero attached hydrogens (tertiary/aromatic N) is 2. The summed E-state index contributed by atoms with van der Waals surface area (Å²) in [6.07, 6.45) is 0. The van der Waals surface area contributed by atoms with Crippen molar-refractivity contribution in [3.05, 3.63) is 65.0 Å². The molecule has 2 aromatic rings. The third kappa shape index (κ3) is 3.19. The van der Waals surface area contributed by atoms with Crippen LogP contribution in [0.2, 0.25) is 0 Å². The molecule has 1 amide bonds. The van der Waals surface area contributed by atoms with Crippen LogP contribution < -0.4 is 4.90 Å². The first-order valence-electron chi connectivity index (χ1n) is 7.47. The van der Waals surface area contributed by atoms with E-state index in [1.165, 1.54) is 12.1 Å². The molecule has 1 aliphatic rings. The van der Waals surface area contributed by atoms with Crippen LogP contribution in [-0.2, 0) is 11.3 Å². The van der Waals surface area contributed by atoms with Gasteiger partial charge in [0.25, 0.3) is 5.91 Å². The molecule has 1 heterocycles. The molecule has 0 saturated carbocycles. The highest BCUT2D eigenvalue weighted by Crippen LogP contribution is 2.29. The number of rotatable bonds is 4. The number of aryl methyl sites for hydroxylation is 1. The lowest BCUT2D eigenvalue weighted by Gasteiger charge is -2.37. The van der Waals surface area contributed by atoms with Gasteiger partial charge in [-0.25, -0.2) is 4.39 Å². The van der Waals surface area contributed by atoms with Crippen molar-refractivity contribution in [1.82, 2.24) is 4.90 Å². The number of benzene rings is 2. The molecule has 0 N–H and O–H groups in total. The zero-order chi connectivity index (χ0) is 16.4. The van der Waals surface area contributed by atoms with Gasteiger partial charge in [0.2, 0.25) is 0 Å². The number of amides is 1. The molecular weight excluding hydrogens is 295 g/mol. The third-order valence-corrected chi connectivity index (χ3v) is 3.92. The van der Waals surface area contributed by atoms with Crippen LogP contribution in [0.25, 0.3) is 0 Å². The first-order chi connectivity index (χ1) is 11.1. The number of carbonyl (C=O) groups is 1. The molecule has 0 bridgehead atoms. The molecule has 1 aliphatic heterocycles. The van der Waals surface area contributed by atoms with E-state index in [1.807, 2.05) is 30.0 Å². The minimum Gasteiger partial charge on any atom is -0.364 e. The van der Waals surface area contributed by atoms with Crippen molar-refractivity contribution in [2.45, 2.75) is 13.5 Å². The average molecular weight is 314 g/mol. The highest BCUT2D eigenvalue weighted by atomic mass is 19.1. The van der Waals surface area contributed by atoms with Gasteiger partial charge in [-0.2, -0.15) is 0 Å². The molecule has 2 aromatic carbocycles. The fourth-order valence-corrected chi connectivity index (χ4v) is 2.81. The predicted molar refractivity (Wildman–Crippen MR) is 86.7 cm³/mol. The van der Waals surface area contributed by atoms with Crippen LogP contribution in [0.15, 0.2) is 42.5 Å². The summed E-state index contributed by atoms with van der Waals surface area (Å²) in [7, 11) is 1.63. The van der Waals surface area contributed by atoms with Gasteiger partial charge in [-0.1, -0.05) is 23.8 Å². The Hall–Kier alpha value is -2.40. The van der Waals surface area contributed by atoms with Crippen molar-refractivity contribution in [1.29, 1.82) is 0 Å². The lowest BCUT2D eigenvalue weighted by Crippen LogP contribution is -2.47. The molecule has 4 nitrogen and oxygen atoms in total. The Morgan fingerprint density at radius 3 is 2.57 bits per heavy atom. The molecule has 0 unspecified atom stereocenters. The normalized spacial score (nSPS) is 14.1. The zero-order valence-electron chi connectivity index (χ0n) is 13.3. The van der Waals surface area contributed by atoms with Crippen LogP contribution in [0.5, 0.6) is 0 Å². The summed E-state index contributed by atoms with van der Waals surface area (Å²) in [5.41, 5.74) is 3.50. The number of methoxy groups -OCH3 is 1. The maximum Gasteiger partial charge on any atom is 0.257 e. The van der Waals surface area contributed by atoms with Crippen molar-refractivity contribution in [3.63, 3.8) is 0 Å². The van der Waals surface area contributed by atoms with Crippen LogP contribution in [0.1, 0.15) is 21.5 Å². The van der Waals surface area contributed by atoms with Gasteiger partial charge in [-0.3, -0.25) is 4.79 Å². The van der Waals surface area contributed by atoms with Crippen molar-refractivity contribution < 1.29 is 13.9 Å². The Balaban J connectivity index is 1.90. The maximum atomic E-state index is 13.0. The molecule has 3 rings (SSSR count). The van der Waals surface area contributed by atoms with Gasteiger partial charge in [-0.05, 0) is 36.8 Å². The Morgan fingerprint density at radius 2 is 1.87 bits per heavy atom. The van der Waals surface area contributed by atoms with Gasteiger partial charge in [0, 0.05) is 13.7 Å². The topological polar surface area (TPSA) is 32.8 Å². The quantitative estimate of drug-likeness (QED) is 0.869. The first kappa shape index (κ1) is 15.5. The summed E-state index contributed by atoms with van der Waals surface area (Å²) in [5, 5.41) is 0. The average Bonchev–Trinajstić information content (AvgIpc) is 2.54. The van der Waals surface area contributed by atoms with Crippen LogP contribution in [0, 0.1) is 12.7 Å². The summed E-state index contributed by atoms with van der Waals surface area (Å²) >= 11 is 0. The summed E-state index contributed by atoms with van der Waals surface area (Å²) in [6.45, 7) is 3.25. The fourth-order valence-electron chi connectivity index (χ4n) is 2.81. The van der Waals surface area contributed by atoms with Gasteiger partial charge in [0.15, 0.2) is 0 Å². The molecule has 0 aromatic heterocycles. The number of halogens is 1. The third-order valence-electron chi connectivity index (χ3n) is 3.92. The summed E-state index contributed by atoms with van der Waals surface area (Å²) < 4.78 is 18.3. The van der Waals surface area contributed by atoms with Crippen LogP contribution in [0.3, 0.4) is 0 Å². The van der Waals surface area contributed by atoms with E-state index in [9.17, 15) is 9.18 Å². The van der Waals surface area contributed by atoms with Crippen molar-refractivity contribution in [2.75, 3.05) is 25.4 Å². The highest BCUT2D eigenvalue weighted by Gasteiger charge is 2.29. The Kier molecular flexibility index (Phi) is 4.30. The largest absolute Gasteiger partial charge is 0.364 e. The number of hydrogen-bond acceptors (Lipinski definition) is 3. The van der Waals surface area contributed by atoms with E-state index in [0.29, 0.717) is 25.5 Å². The Labute approximate surface area is 135 Å². The first-order valence-corrected chi connectivity index (χ1v) is 7.47. The molecule has 0 atom stereocenters. The van der Waals surface area contributed by atoms with Gasteiger partial charge in [0.1, 0.15) is 12.5 Å². The smallest absolute Gasteiger partial charge is 0.257 e. The monoisotopic (exact) mass is 314 g/mol. The van der Waals surface area contributed by atoms with Crippen LogP contribution in [-0.4, -0.2) is 31.3 Å². The Bertz CT molecular complexity index is 715. The molecular formula is C18H19FN2O2. The van der Waals surface area contributed by atoms with Crippen molar-refractivity contribution in [3.8, 4) is 0 Å². The SMILES string of the molecule is COCN1CN(Cc2ccc(F)cc2)C(=O)c2cc(C)ccc21. The van der Waals surface area contributed by atoms with Crippen LogP contribution >= 0.6 is 0 Å². The van der Waals surface area contributed by atoms with Gasteiger partial charge in [-0.15, -0.1) is 0 Å². The molecule has 0 aliphatic carbocycles. The lowest BCUT2D eigenvalue weighted by molar-refractivity contribution is 0.0704. The number of ether oxygens (including phenoxy) is 1. The molecule has 0 spiro atoms.